The molecule has 7 aromatic carbocycles. The first-order valence-corrected chi connectivity index (χ1v) is 19.2. The summed E-state index contributed by atoms with van der Waals surface area (Å²) in [4.78, 5) is 27.9. The van der Waals surface area contributed by atoms with Gasteiger partial charge in [0.1, 0.15) is 17.2 Å². The fourth-order valence-corrected chi connectivity index (χ4v) is 6.76. The standard InChI is InChI=1S/C49H44N2O5/c1-4-5-6-7-15-30-54-45-32-38(31-33(2)34(45)3)49(53)56-44-29-25-36-17-12-14-21-42(36)47(44)46-41-20-13-11-16-35(41)24-28-43(46)55-48(52)37-22-26-40(27-23-37)51-50-39-18-9-8-10-19-39/h8-14,16-29,31-32H,4-7,15,30H2,1-3H3. The van der Waals surface area contributed by atoms with Gasteiger partial charge in [-0.25, -0.2) is 9.59 Å². The lowest BCUT2D eigenvalue weighted by molar-refractivity contribution is 0.0723. The summed E-state index contributed by atoms with van der Waals surface area (Å²) in [7, 11) is 0. The van der Waals surface area contributed by atoms with Crippen LogP contribution in [0, 0.1) is 13.8 Å². The van der Waals surface area contributed by atoms with Gasteiger partial charge in [-0.15, -0.1) is 0 Å². The molecule has 280 valence electrons. The lowest BCUT2D eigenvalue weighted by Gasteiger charge is -2.19. The molecule has 0 radical (unpaired) electrons. The van der Waals surface area contributed by atoms with Crippen molar-refractivity contribution in [3.63, 3.8) is 0 Å². The number of carbonyl (C=O) groups is 2. The lowest BCUT2D eigenvalue weighted by atomic mass is 9.92. The summed E-state index contributed by atoms with van der Waals surface area (Å²) in [5.74, 6) is 0.297. The summed E-state index contributed by atoms with van der Waals surface area (Å²) in [6, 6.07) is 43.1. The third-order valence-electron chi connectivity index (χ3n) is 9.94. The molecule has 0 aromatic heterocycles. The number of fused-ring (bicyclic) bond motifs is 2. The van der Waals surface area contributed by atoms with Crippen LogP contribution in [-0.2, 0) is 0 Å². The number of hydrogen-bond acceptors (Lipinski definition) is 7. The molecule has 0 aliphatic heterocycles. The van der Waals surface area contributed by atoms with E-state index in [4.69, 9.17) is 14.2 Å². The summed E-state index contributed by atoms with van der Waals surface area (Å²) < 4.78 is 18.7. The highest BCUT2D eigenvalue weighted by atomic mass is 16.5. The van der Waals surface area contributed by atoms with Crippen LogP contribution in [-0.4, -0.2) is 18.5 Å². The molecule has 7 aromatic rings. The van der Waals surface area contributed by atoms with Gasteiger partial charge in [0.15, 0.2) is 0 Å². The van der Waals surface area contributed by atoms with E-state index in [0.29, 0.717) is 51.8 Å². The van der Waals surface area contributed by atoms with Gasteiger partial charge in [-0.1, -0.05) is 111 Å². The molecule has 0 heterocycles. The lowest BCUT2D eigenvalue weighted by Crippen LogP contribution is -2.12. The zero-order valence-electron chi connectivity index (χ0n) is 32.0. The van der Waals surface area contributed by atoms with Gasteiger partial charge in [-0.2, -0.15) is 10.2 Å². The van der Waals surface area contributed by atoms with Gasteiger partial charge in [0, 0.05) is 11.1 Å². The summed E-state index contributed by atoms with van der Waals surface area (Å²) >= 11 is 0. The fraction of sp³-hybridized carbons (Fsp3) is 0.184. The average Bonchev–Trinajstić information content (AvgIpc) is 3.23. The van der Waals surface area contributed by atoms with Crippen molar-refractivity contribution in [2.24, 2.45) is 10.2 Å². The molecule has 0 spiro atoms. The first kappa shape index (κ1) is 37.7. The summed E-state index contributed by atoms with van der Waals surface area (Å²) in [6.07, 6.45) is 5.66. The van der Waals surface area contributed by atoms with E-state index in [1.807, 2.05) is 111 Å². The van der Waals surface area contributed by atoms with E-state index in [1.165, 1.54) is 19.3 Å². The smallest absolute Gasteiger partial charge is 0.343 e. The third kappa shape index (κ3) is 8.68. The number of nitrogens with zero attached hydrogens (tertiary/aromatic N) is 2. The summed E-state index contributed by atoms with van der Waals surface area (Å²) in [5.41, 5.74) is 5.28. The Morgan fingerprint density at radius 3 is 1.66 bits per heavy atom. The quantitative estimate of drug-likeness (QED) is 0.0479. The maximum absolute atomic E-state index is 14.1. The number of carbonyl (C=O) groups excluding carboxylic acids is 2. The number of esters is 2. The molecule has 7 nitrogen and oxygen atoms in total. The minimum absolute atomic E-state index is 0.330. The molecule has 0 unspecified atom stereocenters. The van der Waals surface area contributed by atoms with Crippen LogP contribution in [0.1, 0.15) is 70.9 Å². The molecule has 7 heteroatoms. The minimum atomic E-state index is -0.542. The van der Waals surface area contributed by atoms with E-state index in [-0.39, 0.29) is 0 Å². The molecule has 0 aliphatic carbocycles. The van der Waals surface area contributed by atoms with E-state index >= 15 is 0 Å². The molecule has 56 heavy (non-hydrogen) atoms. The zero-order chi connectivity index (χ0) is 38.9. The molecule has 0 N–H and O–H groups in total. The van der Waals surface area contributed by atoms with Crippen molar-refractivity contribution < 1.29 is 23.8 Å². The van der Waals surface area contributed by atoms with Crippen molar-refractivity contribution >= 4 is 44.9 Å². The van der Waals surface area contributed by atoms with Crippen LogP contribution < -0.4 is 14.2 Å². The Balaban J connectivity index is 1.23. The van der Waals surface area contributed by atoms with Gasteiger partial charge in [-0.3, -0.25) is 0 Å². The second kappa shape index (κ2) is 17.7. The molecular formula is C49H44N2O5. The van der Waals surface area contributed by atoms with Crippen LogP contribution in [0.25, 0.3) is 32.7 Å². The van der Waals surface area contributed by atoms with Crippen LogP contribution >= 0.6 is 0 Å². The van der Waals surface area contributed by atoms with Gasteiger partial charge in [0.2, 0.25) is 0 Å². The Hall–Kier alpha value is -6.60. The molecule has 7 rings (SSSR count). The van der Waals surface area contributed by atoms with E-state index in [1.54, 1.807) is 42.5 Å². The molecule has 0 amide bonds. The number of ether oxygens (including phenoxy) is 3. The van der Waals surface area contributed by atoms with Crippen molar-refractivity contribution in [3.8, 4) is 28.4 Å². The Bertz CT molecular complexity index is 2530. The van der Waals surface area contributed by atoms with E-state index in [2.05, 4.69) is 17.2 Å². The molecule has 0 bridgehead atoms. The van der Waals surface area contributed by atoms with E-state index in [9.17, 15) is 9.59 Å². The van der Waals surface area contributed by atoms with Gasteiger partial charge in [0.25, 0.3) is 0 Å². The van der Waals surface area contributed by atoms with Crippen LogP contribution in [0.2, 0.25) is 0 Å². The molecule has 0 saturated carbocycles. The normalized spacial score (nSPS) is 11.3. The molecule has 0 fully saturated rings. The fourth-order valence-electron chi connectivity index (χ4n) is 6.76. The van der Waals surface area contributed by atoms with E-state index in [0.717, 1.165) is 51.2 Å². The van der Waals surface area contributed by atoms with E-state index < -0.39 is 11.9 Å². The minimum Gasteiger partial charge on any atom is -0.493 e. The highest BCUT2D eigenvalue weighted by Gasteiger charge is 2.23. The number of aryl methyl sites for hydroxylation is 1. The van der Waals surface area contributed by atoms with Crippen molar-refractivity contribution in [2.45, 2.75) is 52.9 Å². The topological polar surface area (TPSA) is 86.5 Å². The highest BCUT2D eigenvalue weighted by Crippen LogP contribution is 2.46. The Kier molecular flexibility index (Phi) is 11.9. The monoisotopic (exact) mass is 740 g/mol. The number of unbranched alkanes of at least 4 members (excludes halogenated alkanes) is 4. The van der Waals surface area contributed by atoms with Crippen LogP contribution in [0.3, 0.4) is 0 Å². The predicted molar refractivity (Wildman–Crippen MR) is 224 cm³/mol. The Morgan fingerprint density at radius 2 is 1.05 bits per heavy atom. The van der Waals surface area contributed by atoms with Crippen molar-refractivity contribution in [2.75, 3.05) is 6.61 Å². The van der Waals surface area contributed by atoms with Crippen LogP contribution in [0.4, 0.5) is 11.4 Å². The third-order valence-corrected chi connectivity index (χ3v) is 9.94. The Labute approximate surface area is 327 Å². The largest absolute Gasteiger partial charge is 0.493 e. The number of benzene rings is 7. The van der Waals surface area contributed by atoms with Crippen molar-refractivity contribution in [1.82, 2.24) is 0 Å². The second-order valence-electron chi connectivity index (χ2n) is 13.9. The second-order valence-corrected chi connectivity index (χ2v) is 13.9. The predicted octanol–water partition coefficient (Wildman–Crippen LogP) is 13.5. The Morgan fingerprint density at radius 1 is 0.518 bits per heavy atom. The van der Waals surface area contributed by atoms with Gasteiger partial charge in [0.05, 0.1) is 29.1 Å². The first-order chi connectivity index (χ1) is 27.4. The molecular weight excluding hydrogens is 697 g/mol. The van der Waals surface area contributed by atoms with Crippen LogP contribution in [0.15, 0.2) is 150 Å². The number of hydrogen-bond donors (Lipinski definition) is 0. The first-order valence-electron chi connectivity index (χ1n) is 19.2. The van der Waals surface area contributed by atoms with Gasteiger partial charge < -0.3 is 14.2 Å². The molecule has 0 aliphatic rings. The molecule has 0 saturated heterocycles. The average molecular weight is 741 g/mol. The van der Waals surface area contributed by atoms with Crippen molar-refractivity contribution in [1.29, 1.82) is 0 Å². The van der Waals surface area contributed by atoms with Crippen LogP contribution in [0.5, 0.6) is 17.2 Å². The summed E-state index contributed by atoms with van der Waals surface area (Å²) in [6.45, 7) is 6.77. The highest BCUT2D eigenvalue weighted by molar-refractivity contribution is 6.11. The molecule has 0 atom stereocenters. The summed E-state index contributed by atoms with van der Waals surface area (Å²) in [5, 5.41) is 12.1. The maximum atomic E-state index is 14.1. The number of azo groups is 1. The van der Waals surface area contributed by atoms with Crippen molar-refractivity contribution in [3.05, 3.63) is 162 Å². The maximum Gasteiger partial charge on any atom is 0.343 e. The number of rotatable bonds is 14. The van der Waals surface area contributed by atoms with Gasteiger partial charge in [-0.05, 0) is 114 Å². The van der Waals surface area contributed by atoms with Gasteiger partial charge >= 0.3 is 11.9 Å². The SMILES string of the molecule is CCCCCCCOc1cc(C(=O)Oc2ccc3ccccc3c2-c2c(OC(=O)c3ccc(N=Nc4ccccc4)cc3)ccc3ccccc23)cc(C)c1C. The zero-order valence-corrected chi connectivity index (χ0v) is 32.0.